The van der Waals surface area contributed by atoms with Crippen LogP contribution in [0.5, 0.6) is 0 Å². The summed E-state index contributed by atoms with van der Waals surface area (Å²) in [4.78, 5) is 33.3. The molecule has 7 nitrogen and oxygen atoms in total. The number of carbonyl (C=O) groups is 1. The van der Waals surface area contributed by atoms with Gasteiger partial charge in [-0.2, -0.15) is 0 Å². The van der Waals surface area contributed by atoms with E-state index in [-0.39, 0.29) is 12.1 Å². The number of pyridine rings is 1. The highest BCUT2D eigenvalue weighted by Crippen LogP contribution is 2.36. The first-order chi connectivity index (χ1) is 12.5. The number of esters is 1. The van der Waals surface area contributed by atoms with Gasteiger partial charge in [0.15, 0.2) is 0 Å². The zero-order valence-corrected chi connectivity index (χ0v) is 15.2. The molecule has 4 rings (SSSR count). The molecule has 0 saturated carbocycles. The van der Waals surface area contributed by atoms with E-state index in [9.17, 15) is 9.59 Å². The summed E-state index contributed by atoms with van der Waals surface area (Å²) in [6, 6.07) is 0. The summed E-state index contributed by atoms with van der Waals surface area (Å²) in [5, 5.41) is 0.849. The summed E-state index contributed by atoms with van der Waals surface area (Å²) in [6.07, 6.45) is 5.29. The van der Waals surface area contributed by atoms with E-state index in [0.29, 0.717) is 17.1 Å². The van der Waals surface area contributed by atoms with Crippen molar-refractivity contribution in [3.05, 3.63) is 33.5 Å². The fourth-order valence-electron chi connectivity index (χ4n) is 3.74. The van der Waals surface area contributed by atoms with Gasteiger partial charge >= 0.3 is 5.97 Å². The number of hydrogen-bond acceptors (Lipinski definition) is 6. The minimum atomic E-state index is -0.511. The van der Waals surface area contributed by atoms with Crippen LogP contribution in [0.2, 0.25) is 0 Å². The summed E-state index contributed by atoms with van der Waals surface area (Å²) in [5.74, 6) is -0.0213. The first-order valence-corrected chi connectivity index (χ1v) is 8.88. The third-order valence-corrected chi connectivity index (χ3v) is 4.88. The average Bonchev–Trinajstić information content (AvgIpc) is 3.21. The molecule has 0 unspecified atom stereocenters. The number of hydrogen-bond donors (Lipinski definition) is 0. The Morgan fingerprint density at radius 3 is 2.85 bits per heavy atom. The molecule has 0 N–H and O–H groups in total. The first-order valence-electron chi connectivity index (χ1n) is 8.88. The van der Waals surface area contributed by atoms with Crippen molar-refractivity contribution in [1.29, 1.82) is 0 Å². The Kier molecular flexibility index (Phi) is 4.01. The van der Waals surface area contributed by atoms with Gasteiger partial charge in [0.2, 0.25) is 11.3 Å². The molecule has 136 valence electrons. The van der Waals surface area contributed by atoms with Crippen molar-refractivity contribution in [3.8, 4) is 0 Å². The molecule has 0 aliphatic heterocycles. The van der Waals surface area contributed by atoms with E-state index in [4.69, 9.17) is 9.40 Å². The molecule has 3 aromatic rings. The summed E-state index contributed by atoms with van der Waals surface area (Å²) in [5.41, 5.74) is 4.32. The quantitative estimate of drug-likeness (QED) is 0.668. The molecular formula is C19H21N3O4. The van der Waals surface area contributed by atoms with Crippen molar-refractivity contribution in [3.63, 3.8) is 0 Å². The number of rotatable bonds is 4. The molecule has 0 radical (unpaired) electrons. The molecule has 3 aromatic heterocycles. The van der Waals surface area contributed by atoms with Gasteiger partial charge in [0.25, 0.3) is 5.56 Å². The second-order valence-electron chi connectivity index (χ2n) is 7.18. The van der Waals surface area contributed by atoms with E-state index in [2.05, 4.69) is 23.6 Å². The summed E-state index contributed by atoms with van der Waals surface area (Å²) >= 11 is 0. The lowest BCUT2D eigenvalue weighted by Crippen LogP contribution is -2.24. The van der Waals surface area contributed by atoms with E-state index >= 15 is 0 Å². The topological polar surface area (TPSA) is 87.2 Å². The third kappa shape index (κ3) is 2.58. The Labute approximate surface area is 150 Å². The number of aryl methyl sites for hydroxylation is 1. The van der Waals surface area contributed by atoms with Crippen LogP contribution in [0.4, 0.5) is 0 Å². The number of nitrogens with zero attached hydrogens (tertiary/aromatic N) is 3. The zero-order valence-electron chi connectivity index (χ0n) is 15.2. The Hall–Kier alpha value is -2.70. The minimum Gasteiger partial charge on any atom is -0.468 e. The Morgan fingerprint density at radius 1 is 1.35 bits per heavy atom. The van der Waals surface area contributed by atoms with Crippen molar-refractivity contribution in [1.82, 2.24) is 14.5 Å². The van der Waals surface area contributed by atoms with Gasteiger partial charge in [-0.05, 0) is 42.7 Å². The Morgan fingerprint density at radius 2 is 2.12 bits per heavy atom. The van der Waals surface area contributed by atoms with Crippen LogP contribution in [-0.4, -0.2) is 27.6 Å². The lowest BCUT2D eigenvalue weighted by atomic mass is 9.99. The molecular weight excluding hydrogens is 334 g/mol. The van der Waals surface area contributed by atoms with Gasteiger partial charge in [0.05, 0.1) is 18.8 Å². The van der Waals surface area contributed by atoms with Crippen LogP contribution < -0.4 is 5.56 Å². The standard InChI is InChI=1S/C19H21N3O4/c1-10(2)7-13-11-5-4-6-12(11)15-16-17(26-18(15)21-13)19(24)22(9-20-16)8-14(23)25-3/h9-10H,4-8H2,1-3H3. The molecule has 0 amide bonds. The molecule has 0 aromatic carbocycles. The Balaban J connectivity index is 1.96. The van der Waals surface area contributed by atoms with Gasteiger partial charge < -0.3 is 9.15 Å². The summed E-state index contributed by atoms with van der Waals surface area (Å²) < 4.78 is 11.7. The van der Waals surface area contributed by atoms with Crippen molar-refractivity contribution in [2.24, 2.45) is 5.92 Å². The van der Waals surface area contributed by atoms with E-state index in [1.165, 1.54) is 29.1 Å². The largest absolute Gasteiger partial charge is 0.468 e. The minimum absolute atomic E-state index is 0.148. The highest BCUT2D eigenvalue weighted by Gasteiger charge is 2.25. The van der Waals surface area contributed by atoms with Gasteiger partial charge in [-0.3, -0.25) is 14.2 Å². The van der Waals surface area contributed by atoms with Crippen LogP contribution >= 0.6 is 0 Å². The smallest absolute Gasteiger partial charge is 0.325 e. The average molecular weight is 355 g/mol. The highest BCUT2D eigenvalue weighted by atomic mass is 16.5. The van der Waals surface area contributed by atoms with E-state index < -0.39 is 11.5 Å². The lowest BCUT2D eigenvalue weighted by molar-refractivity contribution is -0.141. The van der Waals surface area contributed by atoms with Gasteiger partial charge in [-0.1, -0.05) is 13.8 Å². The van der Waals surface area contributed by atoms with Gasteiger partial charge in [0.1, 0.15) is 12.1 Å². The maximum Gasteiger partial charge on any atom is 0.325 e. The molecule has 1 aliphatic rings. The van der Waals surface area contributed by atoms with Crippen LogP contribution in [0, 0.1) is 5.92 Å². The Bertz CT molecular complexity index is 1080. The normalized spacial score (nSPS) is 13.7. The molecule has 7 heteroatoms. The molecule has 3 heterocycles. The number of furan rings is 1. The first kappa shape index (κ1) is 16.8. The van der Waals surface area contributed by atoms with Gasteiger partial charge in [-0.25, -0.2) is 9.97 Å². The fraction of sp³-hybridized carbons (Fsp3) is 0.474. The fourth-order valence-corrected chi connectivity index (χ4v) is 3.74. The maximum absolute atomic E-state index is 12.7. The molecule has 0 saturated heterocycles. The van der Waals surface area contributed by atoms with Crippen LogP contribution in [-0.2, 0) is 35.3 Å². The second kappa shape index (κ2) is 6.23. The lowest BCUT2D eigenvalue weighted by Gasteiger charge is -2.10. The predicted molar refractivity (Wildman–Crippen MR) is 96.2 cm³/mol. The van der Waals surface area contributed by atoms with Crippen LogP contribution in [0.25, 0.3) is 22.2 Å². The predicted octanol–water partition coefficient (Wildman–Crippen LogP) is 2.40. The number of ether oxygens (including phenoxy) is 1. The third-order valence-electron chi connectivity index (χ3n) is 4.88. The molecule has 1 aliphatic carbocycles. The van der Waals surface area contributed by atoms with Gasteiger partial charge in [0, 0.05) is 5.69 Å². The SMILES string of the molecule is COC(=O)Cn1cnc2c(oc3nc(CC(C)C)c4c(c32)CCC4)c1=O. The summed E-state index contributed by atoms with van der Waals surface area (Å²) in [7, 11) is 1.28. The summed E-state index contributed by atoms with van der Waals surface area (Å²) in [6.45, 7) is 4.14. The molecule has 0 fully saturated rings. The van der Waals surface area contributed by atoms with E-state index in [1.54, 1.807) is 0 Å². The molecule has 0 spiro atoms. The monoisotopic (exact) mass is 355 g/mol. The molecule has 0 atom stereocenters. The van der Waals surface area contributed by atoms with Crippen LogP contribution in [0.1, 0.15) is 37.1 Å². The van der Waals surface area contributed by atoms with Crippen molar-refractivity contribution < 1.29 is 13.9 Å². The van der Waals surface area contributed by atoms with Crippen LogP contribution in [0.15, 0.2) is 15.5 Å². The molecule has 26 heavy (non-hydrogen) atoms. The van der Waals surface area contributed by atoms with Crippen molar-refractivity contribution in [2.45, 2.75) is 46.1 Å². The maximum atomic E-state index is 12.7. The number of carbonyl (C=O) groups excluding carboxylic acids is 1. The van der Waals surface area contributed by atoms with E-state index in [0.717, 1.165) is 36.8 Å². The number of aromatic nitrogens is 3. The van der Waals surface area contributed by atoms with E-state index in [1.807, 2.05) is 0 Å². The zero-order chi connectivity index (χ0) is 18.4. The van der Waals surface area contributed by atoms with Crippen LogP contribution in [0.3, 0.4) is 0 Å². The number of methoxy groups -OCH3 is 1. The molecule has 0 bridgehead atoms. The van der Waals surface area contributed by atoms with Gasteiger partial charge in [-0.15, -0.1) is 0 Å². The van der Waals surface area contributed by atoms with Crippen molar-refractivity contribution in [2.75, 3.05) is 7.11 Å². The highest BCUT2D eigenvalue weighted by molar-refractivity contribution is 6.03. The second-order valence-corrected chi connectivity index (χ2v) is 7.18. The number of fused-ring (bicyclic) bond motifs is 5. The van der Waals surface area contributed by atoms with Crippen molar-refractivity contribution >= 4 is 28.2 Å².